The molecule has 1 aromatic carbocycles. The van der Waals surface area contributed by atoms with E-state index < -0.39 is 6.18 Å². The lowest BCUT2D eigenvalue weighted by Gasteiger charge is -1.96. The molecule has 0 unspecified atom stereocenters. The van der Waals surface area contributed by atoms with Gasteiger partial charge in [-0.05, 0) is 17.7 Å². The molecule has 1 aromatic rings. The lowest BCUT2D eigenvalue weighted by atomic mass is 10.1. The van der Waals surface area contributed by atoms with Gasteiger partial charge in [0.05, 0.1) is 0 Å². The van der Waals surface area contributed by atoms with E-state index in [1.165, 1.54) is 18.1 Å². The van der Waals surface area contributed by atoms with E-state index in [0.717, 1.165) is 5.56 Å². The molecule has 1 rings (SSSR count). The van der Waals surface area contributed by atoms with Crippen molar-refractivity contribution in [3.8, 4) is 11.8 Å². The number of hydrogen-bond acceptors (Lipinski definition) is 1. The van der Waals surface area contributed by atoms with Crippen LogP contribution in [0.25, 0.3) is 0 Å². The molecular weight excluding hydrogens is 215 g/mol. The Bertz CT molecular complexity index is 355. The molecular formula is C12H14F3N. The number of rotatable bonds is 1. The molecule has 0 saturated heterocycles. The Balaban J connectivity index is 0.00000106. The average molecular weight is 229 g/mol. The van der Waals surface area contributed by atoms with Gasteiger partial charge < -0.3 is 5.73 Å². The fraction of sp³-hybridized carbons (Fsp3) is 0.333. The number of hydrogen-bond donors (Lipinski definition) is 1. The van der Waals surface area contributed by atoms with Crippen molar-refractivity contribution < 1.29 is 13.2 Å². The molecule has 0 saturated carbocycles. The van der Waals surface area contributed by atoms with Gasteiger partial charge in [0, 0.05) is 18.0 Å². The Morgan fingerprint density at radius 3 is 2.00 bits per heavy atom. The summed E-state index contributed by atoms with van der Waals surface area (Å²) in [5.74, 6) is 3.21. The minimum atomic E-state index is -4.44. The highest BCUT2D eigenvalue weighted by atomic mass is 19.4. The Morgan fingerprint density at radius 1 is 1.12 bits per heavy atom. The second kappa shape index (κ2) is 6.91. The minimum Gasteiger partial charge on any atom is -0.326 e. The molecule has 0 heterocycles. The molecule has 2 N–H and O–H groups in total. The zero-order valence-corrected chi connectivity index (χ0v) is 9.23. The van der Waals surface area contributed by atoms with Crippen LogP contribution in [0.15, 0.2) is 24.3 Å². The van der Waals surface area contributed by atoms with Crippen LogP contribution in [0.4, 0.5) is 13.2 Å². The standard InChI is InChI=1S/C10H8F3N.C2H6/c11-10(12,13)6-5-8-1-3-9(7-14)4-2-8;1-2/h1-4H,7,14H2;1-2H3. The van der Waals surface area contributed by atoms with Crippen molar-refractivity contribution in [3.05, 3.63) is 35.4 Å². The van der Waals surface area contributed by atoms with Crippen molar-refractivity contribution in [1.82, 2.24) is 0 Å². The summed E-state index contributed by atoms with van der Waals surface area (Å²) in [7, 11) is 0. The molecule has 0 spiro atoms. The van der Waals surface area contributed by atoms with Crippen LogP contribution in [0.1, 0.15) is 25.0 Å². The maximum absolute atomic E-state index is 11.7. The molecule has 4 heteroatoms. The van der Waals surface area contributed by atoms with E-state index in [1.807, 2.05) is 19.8 Å². The summed E-state index contributed by atoms with van der Waals surface area (Å²) < 4.78 is 35.1. The summed E-state index contributed by atoms with van der Waals surface area (Å²) in [6, 6.07) is 6.34. The molecule has 88 valence electrons. The van der Waals surface area contributed by atoms with Crippen LogP contribution >= 0.6 is 0 Å². The molecule has 0 aliphatic carbocycles. The van der Waals surface area contributed by atoms with Gasteiger partial charge in [-0.3, -0.25) is 0 Å². The van der Waals surface area contributed by atoms with Gasteiger partial charge in [0.2, 0.25) is 0 Å². The zero-order chi connectivity index (χ0) is 12.6. The van der Waals surface area contributed by atoms with Gasteiger partial charge in [-0.25, -0.2) is 0 Å². The number of halogens is 3. The second-order valence-corrected chi connectivity index (χ2v) is 2.65. The van der Waals surface area contributed by atoms with Crippen molar-refractivity contribution in [3.63, 3.8) is 0 Å². The molecule has 0 fully saturated rings. The maximum Gasteiger partial charge on any atom is 0.458 e. The first-order valence-electron chi connectivity index (χ1n) is 4.90. The van der Waals surface area contributed by atoms with Gasteiger partial charge in [0.25, 0.3) is 0 Å². The molecule has 0 aliphatic rings. The van der Waals surface area contributed by atoms with Crippen molar-refractivity contribution >= 4 is 0 Å². The quantitative estimate of drug-likeness (QED) is 0.736. The first-order chi connectivity index (χ1) is 7.51. The van der Waals surface area contributed by atoms with Crippen LogP contribution in [0, 0.1) is 11.8 Å². The summed E-state index contributed by atoms with van der Waals surface area (Å²) in [5, 5.41) is 0. The number of benzene rings is 1. The largest absolute Gasteiger partial charge is 0.458 e. The summed E-state index contributed by atoms with van der Waals surface area (Å²) in [5.41, 5.74) is 6.52. The SMILES string of the molecule is CC.NCc1ccc(C#CC(F)(F)F)cc1. The van der Waals surface area contributed by atoms with Crippen LogP contribution < -0.4 is 5.73 Å². The molecule has 16 heavy (non-hydrogen) atoms. The van der Waals surface area contributed by atoms with E-state index in [4.69, 9.17) is 5.73 Å². The van der Waals surface area contributed by atoms with E-state index in [9.17, 15) is 13.2 Å². The van der Waals surface area contributed by atoms with Crippen LogP contribution in [-0.2, 0) is 6.54 Å². The summed E-state index contributed by atoms with van der Waals surface area (Å²) in [6.45, 7) is 4.37. The lowest BCUT2D eigenvalue weighted by molar-refractivity contribution is -0.0696. The van der Waals surface area contributed by atoms with Gasteiger partial charge in [-0.1, -0.05) is 31.9 Å². The maximum atomic E-state index is 11.7. The second-order valence-electron chi connectivity index (χ2n) is 2.65. The molecule has 0 bridgehead atoms. The summed E-state index contributed by atoms with van der Waals surface area (Å²) in [4.78, 5) is 0. The molecule has 0 radical (unpaired) electrons. The predicted octanol–water partition coefficient (Wildman–Crippen LogP) is 3.09. The molecule has 0 aliphatic heterocycles. The first-order valence-corrected chi connectivity index (χ1v) is 4.90. The molecule has 0 amide bonds. The Labute approximate surface area is 93.5 Å². The fourth-order valence-electron chi connectivity index (χ4n) is 0.867. The van der Waals surface area contributed by atoms with Crippen molar-refractivity contribution in [2.24, 2.45) is 5.73 Å². The smallest absolute Gasteiger partial charge is 0.326 e. The van der Waals surface area contributed by atoms with Crippen molar-refractivity contribution in [2.75, 3.05) is 0 Å². The van der Waals surface area contributed by atoms with E-state index in [0.29, 0.717) is 12.1 Å². The van der Waals surface area contributed by atoms with Crippen molar-refractivity contribution in [1.29, 1.82) is 0 Å². The zero-order valence-electron chi connectivity index (χ0n) is 9.23. The highest BCUT2D eigenvalue weighted by molar-refractivity contribution is 5.36. The van der Waals surface area contributed by atoms with Gasteiger partial charge in [-0.2, -0.15) is 13.2 Å². The lowest BCUT2D eigenvalue weighted by Crippen LogP contribution is -2.01. The number of alkyl halides is 3. The van der Waals surface area contributed by atoms with E-state index >= 15 is 0 Å². The molecule has 1 nitrogen and oxygen atoms in total. The summed E-state index contributed by atoms with van der Waals surface area (Å²) in [6.07, 6.45) is -4.44. The Hall–Kier alpha value is -1.47. The van der Waals surface area contributed by atoms with Crippen molar-refractivity contribution in [2.45, 2.75) is 26.6 Å². The van der Waals surface area contributed by atoms with Gasteiger partial charge in [-0.15, -0.1) is 0 Å². The van der Waals surface area contributed by atoms with E-state index in [1.54, 1.807) is 12.1 Å². The molecule has 0 aromatic heterocycles. The normalized spacial score (nSPS) is 9.62. The third-order valence-electron chi connectivity index (χ3n) is 1.54. The van der Waals surface area contributed by atoms with Crippen LogP contribution in [-0.4, -0.2) is 6.18 Å². The van der Waals surface area contributed by atoms with E-state index in [2.05, 4.69) is 0 Å². The fourth-order valence-corrected chi connectivity index (χ4v) is 0.867. The van der Waals surface area contributed by atoms with Crippen LogP contribution in [0.2, 0.25) is 0 Å². The Morgan fingerprint density at radius 2 is 1.62 bits per heavy atom. The highest BCUT2D eigenvalue weighted by Gasteiger charge is 2.22. The predicted molar refractivity (Wildman–Crippen MR) is 58.6 cm³/mol. The summed E-state index contributed by atoms with van der Waals surface area (Å²) >= 11 is 0. The van der Waals surface area contributed by atoms with Gasteiger partial charge >= 0.3 is 6.18 Å². The van der Waals surface area contributed by atoms with E-state index in [-0.39, 0.29) is 0 Å². The highest BCUT2D eigenvalue weighted by Crippen LogP contribution is 2.12. The van der Waals surface area contributed by atoms with Crippen LogP contribution in [0.5, 0.6) is 0 Å². The third kappa shape index (κ3) is 6.10. The first kappa shape index (κ1) is 14.5. The molecule has 0 atom stereocenters. The topological polar surface area (TPSA) is 26.0 Å². The number of nitrogens with two attached hydrogens (primary N) is 1. The van der Waals surface area contributed by atoms with Gasteiger partial charge in [0.15, 0.2) is 0 Å². The van der Waals surface area contributed by atoms with Gasteiger partial charge in [0.1, 0.15) is 0 Å². The Kier molecular flexibility index (Phi) is 6.28. The average Bonchev–Trinajstić information content (AvgIpc) is 2.29. The monoisotopic (exact) mass is 229 g/mol. The minimum absolute atomic E-state index is 0.333. The van der Waals surface area contributed by atoms with Crippen LogP contribution in [0.3, 0.4) is 0 Å². The third-order valence-corrected chi connectivity index (χ3v) is 1.54.